The predicted octanol–water partition coefficient (Wildman–Crippen LogP) is 2.30. The molecule has 0 aromatic rings. The maximum absolute atomic E-state index is 11.9. The molecule has 4 nitrogen and oxygen atoms in total. The van der Waals surface area contributed by atoms with Crippen LogP contribution in [0.2, 0.25) is 0 Å². The number of hydrogen-bond donors (Lipinski definition) is 1. The maximum Gasteiger partial charge on any atom is 0.309 e. The fourth-order valence-corrected chi connectivity index (χ4v) is 2.35. The molecule has 1 heterocycles. The Hall–Kier alpha value is -1.32. The summed E-state index contributed by atoms with van der Waals surface area (Å²) >= 11 is 0. The Kier molecular flexibility index (Phi) is 4.93. The van der Waals surface area contributed by atoms with Gasteiger partial charge in [0.15, 0.2) is 0 Å². The molecule has 4 heteroatoms. The number of nitrogens with zero attached hydrogens (tertiary/aromatic N) is 1. The van der Waals surface area contributed by atoms with Crippen LogP contribution in [0, 0.1) is 11.3 Å². The van der Waals surface area contributed by atoms with Crippen LogP contribution in [0.5, 0.6) is 0 Å². The van der Waals surface area contributed by atoms with E-state index in [1.165, 1.54) is 0 Å². The average Bonchev–Trinajstić information content (AvgIpc) is 2.35. The first-order chi connectivity index (χ1) is 8.39. The first-order valence-electron chi connectivity index (χ1n) is 6.51. The molecule has 0 aliphatic carbocycles. The van der Waals surface area contributed by atoms with Crippen LogP contribution in [-0.4, -0.2) is 35.0 Å². The van der Waals surface area contributed by atoms with Gasteiger partial charge in [-0.25, -0.2) is 0 Å². The minimum Gasteiger partial charge on any atom is -0.481 e. The van der Waals surface area contributed by atoms with E-state index in [0.717, 1.165) is 19.4 Å². The van der Waals surface area contributed by atoms with Gasteiger partial charge < -0.3 is 10.0 Å². The zero-order chi connectivity index (χ0) is 13.8. The van der Waals surface area contributed by atoms with E-state index in [1.54, 1.807) is 19.9 Å². The van der Waals surface area contributed by atoms with E-state index in [2.05, 4.69) is 6.58 Å². The summed E-state index contributed by atoms with van der Waals surface area (Å²) in [6, 6.07) is 0. The summed E-state index contributed by atoms with van der Waals surface area (Å²) < 4.78 is 0. The fourth-order valence-electron chi connectivity index (χ4n) is 2.35. The summed E-state index contributed by atoms with van der Waals surface area (Å²) in [5, 5.41) is 9.24. The van der Waals surface area contributed by atoms with Gasteiger partial charge in [0.2, 0.25) is 5.91 Å². The van der Waals surface area contributed by atoms with Gasteiger partial charge in [0.1, 0.15) is 0 Å². The van der Waals surface area contributed by atoms with E-state index in [-0.39, 0.29) is 11.8 Å². The first kappa shape index (κ1) is 14.7. The minimum atomic E-state index is -0.784. The van der Waals surface area contributed by atoms with Gasteiger partial charge in [-0.05, 0) is 39.0 Å². The monoisotopic (exact) mass is 253 g/mol. The molecule has 1 amide bonds. The van der Waals surface area contributed by atoms with E-state index in [9.17, 15) is 14.7 Å². The Morgan fingerprint density at radius 1 is 1.50 bits per heavy atom. The number of likely N-dealkylation sites (tertiary alicyclic amines) is 1. The minimum absolute atomic E-state index is 0.0384. The molecule has 1 rings (SSSR count). The van der Waals surface area contributed by atoms with Crippen LogP contribution >= 0.6 is 0 Å². The molecular weight excluding hydrogens is 230 g/mol. The van der Waals surface area contributed by atoms with E-state index in [1.807, 2.05) is 4.90 Å². The highest BCUT2D eigenvalue weighted by Gasteiger charge is 2.39. The van der Waals surface area contributed by atoms with Crippen LogP contribution in [0.1, 0.15) is 39.5 Å². The highest BCUT2D eigenvalue weighted by atomic mass is 16.4. The Balaban J connectivity index is 2.63. The molecule has 0 bridgehead atoms. The van der Waals surface area contributed by atoms with Gasteiger partial charge in [-0.15, -0.1) is 6.58 Å². The van der Waals surface area contributed by atoms with Crippen molar-refractivity contribution in [1.29, 1.82) is 0 Å². The van der Waals surface area contributed by atoms with Crippen molar-refractivity contribution in [2.24, 2.45) is 11.3 Å². The van der Waals surface area contributed by atoms with Crippen molar-refractivity contribution in [3.8, 4) is 0 Å². The van der Waals surface area contributed by atoms with Gasteiger partial charge in [-0.3, -0.25) is 9.59 Å². The fraction of sp³-hybridized carbons (Fsp3) is 0.714. The second-order valence-electron chi connectivity index (χ2n) is 5.53. The number of allylic oxidation sites excluding steroid dienone is 1. The molecule has 18 heavy (non-hydrogen) atoms. The van der Waals surface area contributed by atoms with Crippen molar-refractivity contribution in [1.82, 2.24) is 4.90 Å². The summed E-state index contributed by atoms with van der Waals surface area (Å²) in [4.78, 5) is 25.0. The summed E-state index contributed by atoms with van der Waals surface area (Å²) in [6.07, 6.45) is 4.66. The SMILES string of the molecule is C=CCCC(=O)N1CCCC(C(C)(C)C(=O)O)C1. The zero-order valence-electron chi connectivity index (χ0n) is 11.3. The van der Waals surface area contributed by atoms with Crippen LogP contribution in [0.25, 0.3) is 0 Å². The third-order valence-electron chi connectivity index (χ3n) is 3.91. The van der Waals surface area contributed by atoms with Gasteiger partial charge in [0, 0.05) is 19.5 Å². The Labute approximate surface area is 109 Å². The Morgan fingerprint density at radius 3 is 2.72 bits per heavy atom. The quantitative estimate of drug-likeness (QED) is 0.765. The number of hydrogen-bond acceptors (Lipinski definition) is 2. The summed E-state index contributed by atoms with van der Waals surface area (Å²) in [6.45, 7) is 8.42. The zero-order valence-corrected chi connectivity index (χ0v) is 11.3. The average molecular weight is 253 g/mol. The van der Waals surface area contributed by atoms with Crippen LogP contribution < -0.4 is 0 Å². The first-order valence-corrected chi connectivity index (χ1v) is 6.51. The third kappa shape index (κ3) is 3.34. The van der Waals surface area contributed by atoms with Gasteiger partial charge in [0.05, 0.1) is 5.41 Å². The number of carboxylic acids is 1. The van der Waals surface area contributed by atoms with Crippen molar-refractivity contribution in [3.63, 3.8) is 0 Å². The summed E-state index contributed by atoms with van der Waals surface area (Å²) in [5.41, 5.74) is -0.766. The number of aliphatic carboxylic acids is 1. The Morgan fingerprint density at radius 2 is 2.17 bits per heavy atom. The molecule has 102 valence electrons. The molecule has 0 radical (unpaired) electrons. The maximum atomic E-state index is 11.9. The lowest BCUT2D eigenvalue weighted by molar-refractivity contribution is -0.153. The van der Waals surface area contributed by atoms with Crippen molar-refractivity contribution < 1.29 is 14.7 Å². The second kappa shape index (κ2) is 6.03. The molecular formula is C14H23NO3. The topological polar surface area (TPSA) is 57.6 Å². The number of piperidine rings is 1. The number of rotatable bonds is 5. The van der Waals surface area contributed by atoms with E-state index >= 15 is 0 Å². The predicted molar refractivity (Wildman–Crippen MR) is 70.2 cm³/mol. The van der Waals surface area contributed by atoms with Crippen molar-refractivity contribution >= 4 is 11.9 Å². The van der Waals surface area contributed by atoms with E-state index in [4.69, 9.17) is 0 Å². The molecule has 1 N–H and O–H groups in total. The van der Waals surface area contributed by atoms with Crippen molar-refractivity contribution in [2.45, 2.75) is 39.5 Å². The van der Waals surface area contributed by atoms with E-state index in [0.29, 0.717) is 19.4 Å². The lowest BCUT2D eigenvalue weighted by Crippen LogP contribution is -2.46. The molecule has 0 aromatic heterocycles. The van der Waals surface area contributed by atoms with Crippen LogP contribution in [0.3, 0.4) is 0 Å². The second-order valence-corrected chi connectivity index (χ2v) is 5.53. The van der Waals surface area contributed by atoms with Crippen LogP contribution in [-0.2, 0) is 9.59 Å². The molecule has 1 atom stereocenters. The van der Waals surface area contributed by atoms with Crippen LogP contribution in [0.4, 0.5) is 0 Å². The summed E-state index contributed by atoms with van der Waals surface area (Å²) in [5.74, 6) is -0.634. The molecule has 1 unspecified atom stereocenters. The number of carbonyl (C=O) groups excluding carboxylic acids is 1. The highest BCUT2D eigenvalue weighted by molar-refractivity contribution is 5.77. The van der Waals surface area contributed by atoms with Crippen molar-refractivity contribution in [3.05, 3.63) is 12.7 Å². The number of carboxylic acid groups (broad SMARTS) is 1. The lowest BCUT2D eigenvalue weighted by Gasteiger charge is -2.39. The van der Waals surface area contributed by atoms with E-state index < -0.39 is 11.4 Å². The molecule has 1 fully saturated rings. The molecule has 0 saturated carbocycles. The molecule has 0 aromatic carbocycles. The summed E-state index contributed by atoms with van der Waals surface area (Å²) in [7, 11) is 0. The smallest absolute Gasteiger partial charge is 0.309 e. The molecule has 0 spiro atoms. The van der Waals surface area contributed by atoms with Gasteiger partial charge in [-0.1, -0.05) is 6.08 Å². The third-order valence-corrected chi connectivity index (χ3v) is 3.91. The van der Waals surface area contributed by atoms with Crippen molar-refractivity contribution in [2.75, 3.05) is 13.1 Å². The highest BCUT2D eigenvalue weighted by Crippen LogP contribution is 2.34. The van der Waals surface area contributed by atoms with Gasteiger partial charge in [-0.2, -0.15) is 0 Å². The standard InChI is InChI=1S/C14H23NO3/c1-4-5-8-12(16)15-9-6-7-11(10-15)14(2,3)13(17)18/h4,11H,1,5-10H2,2-3H3,(H,17,18). The normalized spacial score (nSPS) is 20.6. The largest absolute Gasteiger partial charge is 0.481 e. The lowest BCUT2D eigenvalue weighted by atomic mass is 9.74. The Bertz CT molecular complexity index is 336. The van der Waals surface area contributed by atoms with Gasteiger partial charge >= 0.3 is 5.97 Å². The molecule has 1 saturated heterocycles. The van der Waals surface area contributed by atoms with Gasteiger partial charge in [0.25, 0.3) is 0 Å². The molecule has 1 aliphatic rings. The van der Waals surface area contributed by atoms with Crippen LogP contribution in [0.15, 0.2) is 12.7 Å². The molecule has 1 aliphatic heterocycles. The number of amides is 1. The number of carbonyl (C=O) groups is 2.